The predicted molar refractivity (Wildman–Crippen MR) is 128 cm³/mol. The summed E-state index contributed by atoms with van der Waals surface area (Å²) in [7, 11) is 0. The Morgan fingerprint density at radius 2 is 1.68 bits per heavy atom. The van der Waals surface area contributed by atoms with Crippen molar-refractivity contribution in [2.24, 2.45) is 22.4 Å². The van der Waals surface area contributed by atoms with Crippen LogP contribution in [0.4, 0.5) is 0 Å². The van der Waals surface area contributed by atoms with E-state index in [1.807, 2.05) is 44.2 Å². The van der Waals surface area contributed by atoms with Gasteiger partial charge in [0.15, 0.2) is 5.96 Å². The molecule has 0 saturated carbocycles. The molecule has 2 rings (SSSR count). The largest absolute Gasteiger partial charge is 0.370 e. The Bertz CT molecular complexity index is 887. The zero-order chi connectivity index (χ0) is 25.1. The third-order valence-corrected chi connectivity index (χ3v) is 5.73. The second-order valence-corrected chi connectivity index (χ2v) is 8.41. The lowest BCUT2D eigenvalue weighted by molar-refractivity contribution is -0.136. The number of hydrogen-bond acceptors (Lipinski definition) is 5. The van der Waals surface area contributed by atoms with E-state index in [1.165, 1.54) is 0 Å². The fraction of sp³-hybridized carbons (Fsp3) is 0.522. The second-order valence-electron chi connectivity index (χ2n) is 8.41. The maximum Gasteiger partial charge on any atom is 0.243 e. The fourth-order valence-electron chi connectivity index (χ4n) is 3.58. The van der Waals surface area contributed by atoms with Crippen LogP contribution in [0.1, 0.15) is 38.7 Å². The van der Waals surface area contributed by atoms with Crippen molar-refractivity contribution >= 4 is 29.6 Å². The fourth-order valence-corrected chi connectivity index (χ4v) is 3.58. The SMILES string of the molecule is CC[C@H](C)[C@@H]1NC(=O)[C@H](CCCN=C(N)N)NC(=O)[C@H](Cc2ccccc2)NC(=O)CNC1=O. The quantitative estimate of drug-likeness (QED) is 0.158. The first kappa shape index (κ1) is 26.6. The van der Waals surface area contributed by atoms with Crippen molar-refractivity contribution in [2.75, 3.05) is 13.1 Å². The van der Waals surface area contributed by atoms with Crippen LogP contribution in [-0.2, 0) is 25.6 Å². The number of benzene rings is 1. The number of carbonyl (C=O) groups excluding carboxylic acids is 4. The number of carbonyl (C=O) groups is 4. The Labute approximate surface area is 199 Å². The van der Waals surface area contributed by atoms with Crippen LogP contribution in [-0.4, -0.2) is 60.8 Å². The number of nitrogens with two attached hydrogens (primary N) is 2. The molecule has 1 saturated heterocycles. The van der Waals surface area contributed by atoms with E-state index in [0.717, 1.165) is 5.56 Å². The van der Waals surface area contributed by atoms with Gasteiger partial charge in [-0.25, -0.2) is 0 Å². The van der Waals surface area contributed by atoms with E-state index >= 15 is 0 Å². The Morgan fingerprint density at radius 3 is 2.32 bits per heavy atom. The highest BCUT2D eigenvalue weighted by molar-refractivity contribution is 5.96. The summed E-state index contributed by atoms with van der Waals surface area (Å²) >= 11 is 0. The molecule has 4 atom stereocenters. The van der Waals surface area contributed by atoms with Crippen LogP contribution < -0.4 is 32.7 Å². The van der Waals surface area contributed by atoms with Crippen molar-refractivity contribution in [1.82, 2.24) is 21.3 Å². The van der Waals surface area contributed by atoms with E-state index in [0.29, 0.717) is 12.8 Å². The molecule has 0 bridgehead atoms. The number of guanidine groups is 1. The van der Waals surface area contributed by atoms with Crippen LogP contribution >= 0.6 is 0 Å². The lowest BCUT2D eigenvalue weighted by Gasteiger charge is -2.29. The molecule has 1 aromatic rings. The maximum absolute atomic E-state index is 13.2. The molecular formula is C23H35N7O4. The van der Waals surface area contributed by atoms with Gasteiger partial charge in [0.05, 0.1) is 6.54 Å². The maximum atomic E-state index is 13.2. The molecule has 8 N–H and O–H groups in total. The minimum absolute atomic E-state index is 0.0636. The lowest BCUT2D eigenvalue weighted by Crippen LogP contribution is -2.60. The molecule has 0 aromatic heterocycles. The lowest BCUT2D eigenvalue weighted by atomic mass is 9.97. The molecule has 11 nitrogen and oxygen atoms in total. The number of hydrogen-bond donors (Lipinski definition) is 6. The van der Waals surface area contributed by atoms with Crippen LogP contribution in [0.25, 0.3) is 0 Å². The zero-order valence-corrected chi connectivity index (χ0v) is 19.7. The number of amides is 4. The average Bonchev–Trinajstić information content (AvgIpc) is 2.81. The highest BCUT2D eigenvalue weighted by Crippen LogP contribution is 2.11. The first-order valence-electron chi connectivity index (χ1n) is 11.5. The van der Waals surface area contributed by atoms with Crippen molar-refractivity contribution < 1.29 is 19.2 Å². The second kappa shape index (κ2) is 13.2. The van der Waals surface area contributed by atoms with Gasteiger partial charge in [0.2, 0.25) is 23.6 Å². The summed E-state index contributed by atoms with van der Waals surface area (Å²) in [6, 6.07) is 6.49. The standard InChI is InChI=1S/C23H35N7O4/c1-3-14(2)19-22(34)27-13-18(31)28-17(12-15-8-5-4-6-9-15)21(33)29-16(20(32)30-19)10-7-11-26-23(24)25/h4-6,8-9,14,16-17,19H,3,7,10-13H2,1-2H3,(H,27,34)(H,28,31)(H,29,33)(H,30,32)(H4,24,25,26)/t14-,16-,17-,19-/m0/s1. The molecule has 186 valence electrons. The summed E-state index contributed by atoms with van der Waals surface area (Å²) in [5.41, 5.74) is 11.6. The molecule has 1 aliphatic rings. The van der Waals surface area contributed by atoms with Crippen LogP contribution in [0.3, 0.4) is 0 Å². The number of nitrogens with one attached hydrogen (secondary N) is 4. The number of aliphatic imine (C=N–C) groups is 1. The van der Waals surface area contributed by atoms with Gasteiger partial charge in [0.25, 0.3) is 0 Å². The van der Waals surface area contributed by atoms with E-state index in [9.17, 15) is 19.2 Å². The Hall–Kier alpha value is -3.63. The first-order valence-corrected chi connectivity index (χ1v) is 11.5. The van der Waals surface area contributed by atoms with E-state index < -0.39 is 41.8 Å². The minimum Gasteiger partial charge on any atom is -0.370 e. The predicted octanol–water partition coefficient (Wildman–Crippen LogP) is -1.09. The number of rotatable bonds is 8. The van der Waals surface area contributed by atoms with Gasteiger partial charge in [-0.1, -0.05) is 50.6 Å². The van der Waals surface area contributed by atoms with Gasteiger partial charge >= 0.3 is 0 Å². The smallest absolute Gasteiger partial charge is 0.243 e. The summed E-state index contributed by atoms with van der Waals surface area (Å²) in [6.07, 6.45) is 1.52. The van der Waals surface area contributed by atoms with Gasteiger partial charge in [0, 0.05) is 13.0 Å². The summed E-state index contributed by atoms with van der Waals surface area (Å²) in [4.78, 5) is 55.5. The molecule has 1 fully saturated rings. The van der Waals surface area contributed by atoms with E-state index in [-0.39, 0.29) is 37.8 Å². The minimum atomic E-state index is -0.935. The number of nitrogens with zero attached hydrogens (tertiary/aromatic N) is 1. The highest BCUT2D eigenvalue weighted by Gasteiger charge is 2.32. The summed E-state index contributed by atoms with van der Waals surface area (Å²) in [6.45, 7) is 3.71. The average molecular weight is 474 g/mol. The third kappa shape index (κ3) is 8.38. The molecule has 1 aliphatic heterocycles. The van der Waals surface area contributed by atoms with Crippen molar-refractivity contribution in [3.05, 3.63) is 35.9 Å². The monoisotopic (exact) mass is 473 g/mol. The van der Waals surface area contributed by atoms with Crippen molar-refractivity contribution in [3.63, 3.8) is 0 Å². The molecule has 1 heterocycles. The topological polar surface area (TPSA) is 181 Å². The van der Waals surface area contributed by atoms with Gasteiger partial charge < -0.3 is 32.7 Å². The summed E-state index contributed by atoms with van der Waals surface area (Å²) in [5, 5.41) is 10.7. The molecule has 0 radical (unpaired) electrons. The summed E-state index contributed by atoms with van der Waals surface area (Å²) < 4.78 is 0. The Morgan fingerprint density at radius 1 is 1.00 bits per heavy atom. The third-order valence-electron chi connectivity index (χ3n) is 5.73. The van der Waals surface area contributed by atoms with E-state index in [4.69, 9.17) is 11.5 Å². The molecule has 0 unspecified atom stereocenters. The zero-order valence-electron chi connectivity index (χ0n) is 19.7. The van der Waals surface area contributed by atoms with Crippen LogP contribution in [0, 0.1) is 5.92 Å². The van der Waals surface area contributed by atoms with Crippen molar-refractivity contribution in [3.8, 4) is 0 Å². The summed E-state index contributed by atoms with van der Waals surface area (Å²) in [5.74, 6) is -2.17. The van der Waals surface area contributed by atoms with Crippen LogP contribution in [0.5, 0.6) is 0 Å². The normalized spacial score (nSPS) is 22.7. The Balaban J connectivity index is 2.29. The molecule has 0 spiro atoms. The highest BCUT2D eigenvalue weighted by atomic mass is 16.2. The molecule has 4 amide bonds. The van der Waals surface area contributed by atoms with Gasteiger partial charge in [-0.15, -0.1) is 0 Å². The van der Waals surface area contributed by atoms with Gasteiger partial charge in [0.1, 0.15) is 18.1 Å². The van der Waals surface area contributed by atoms with Crippen molar-refractivity contribution in [1.29, 1.82) is 0 Å². The molecule has 34 heavy (non-hydrogen) atoms. The Kier molecular flexibility index (Phi) is 10.3. The molecule has 0 aliphatic carbocycles. The van der Waals surface area contributed by atoms with E-state index in [2.05, 4.69) is 26.3 Å². The molecular weight excluding hydrogens is 438 g/mol. The van der Waals surface area contributed by atoms with Gasteiger partial charge in [-0.2, -0.15) is 0 Å². The van der Waals surface area contributed by atoms with Gasteiger partial charge in [-0.05, 0) is 24.3 Å². The molecule has 1 aromatic carbocycles. The van der Waals surface area contributed by atoms with E-state index in [1.54, 1.807) is 0 Å². The van der Waals surface area contributed by atoms with Crippen molar-refractivity contribution in [2.45, 2.75) is 57.7 Å². The first-order chi connectivity index (χ1) is 16.2. The molecule has 11 heteroatoms. The van der Waals surface area contributed by atoms with Crippen LogP contribution in [0.2, 0.25) is 0 Å². The van der Waals surface area contributed by atoms with Gasteiger partial charge in [-0.3, -0.25) is 24.2 Å². The van der Waals surface area contributed by atoms with Crippen LogP contribution in [0.15, 0.2) is 35.3 Å².